The van der Waals surface area contributed by atoms with Crippen molar-refractivity contribution in [3.8, 4) is 11.5 Å². The van der Waals surface area contributed by atoms with Gasteiger partial charge in [0, 0.05) is 18.4 Å². The fourth-order valence-electron chi connectivity index (χ4n) is 3.03. The van der Waals surface area contributed by atoms with Crippen LogP contribution in [-0.2, 0) is 20.6 Å². The van der Waals surface area contributed by atoms with Crippen molar-refractivity contribution in [2.45, 2.75) is 10.6 Å². The zero-order valence-corrected chi connectivity index (χ0v) is 20.0. The number of amides is 1. The SMILES string of the molecule is COc1ccc(N(CC(=O)NCCSCc2ccco2)S(=O)(=O)c2ccccc2)c(OC)c1. The van der Waals surface area contributed by atoms with Gasteiger partial charge >= 0.3 is 0 Å². The minimum Gasteiger partial charge on any atom is -0.497 e. The Balaban J connectivity index is 1.75. The van der Waals surface area contributed by atoms with Gasteiger partial charge in [0.25, 0.3) is 10.0 Å². The van der Waals surface area contributed by atoms with Crippen LogP contribution in [0.25, 0.3) is 0 Å². The summed E-state index contributed by atoms with van der Waals surface area (Å²) in [5.41, 5.74) is 0.240. The van der Waals surface area contributed by atoms with Gasteiger partial charge < -0.3 is 19.2 Å². The third-order valence-electron chi connectivity index (χ3n) is 4.67. The van der Waals surface area contributed by atoms with Crippen LogP contribution < -0.4 is 19.1 Å². The fraction of sp³-hybridized carbons (Fsp3) is 0.261. The van der Waals surface area contributed by atoms with E-state index in [1.807, 2.05) is 12.1 Å². The molecule has 10 heteroatoms. The average molecular weight is 491 g/mol. The molecule has 0 saturated carbocycles. The Morgan fingerprint density at radius 2 is 1.85 bits per heavy atom. The molecule has 0 aliphatic heterocycles. The molecule has 8 nitrogen and oxygen atoms in total. The Labute approximate surface area is 197 Å². The lowest BCUT2D eigenvalue weighted by Crippen LogP contribution is -2.41. The summed E-state index contributed by atoms with van der Waals surface area (Å²) in [6.45, 7) is -0.00799. The Morgan fingerprint density at radius 1 is 1.06 bits per heavy atom. The third kappa shape index (κ3) is 6.45. The molecule has 1 amide bonds. The number of hydrogen-bond acceptors (Lipinski definition) is 7. The number of thioether (sulfide) groups is 1. The smallest absolute Gasteiger partial charge is 0.264 e. The van der Waals surface area contributed by atoms with Gasteiger partial charge in [-0.3, -0.25) is 9.10 Å². The van der Waals surface area contributed by atoms with Crippen LogP contribution in [-0.4, -0.2) is 47.4 Å². The number of carbonyl (C=O) groups is 1. The van der Waals surface area contributed by atoms with Gasteiger partial charge in [-0.05, 0) is 36.4 Å². The summed E-state index contributed by atoms with van der Waals surface area (Å²) in [6.07, 6.45) is 1.62. The number of carbonyl (C=O) groups excluding carboxylic acids is 1. The molecule has 0 radical (unpaired) electrons. The molecule has 33 heavy (non-hydrogen) atoms. The van der Waals surface area contributed by atoms with Crippen molar-refractivity contribution in [3.05, 3.63) is 72.7 Å². The van der Waals surface area contributed by atoms with Gasteiger partial charge in [0.2, 0.25) is 5.91 Å². The molecule has 2 aromatic carbocycles. The molecule has 0 unspecified atom stereocenters. The lowest BCUT2D eigenvalue weighted by atomic mass is 10.2. The monoisotopic (exact) mass is 490 g/mol. The lowest BCUT2D eigenvalue weighted by Gasteiger charge is -2.26. The average Bonchev–Trinajstić information content (AvgIpc) is 3.36. The zero-order valence-electron chi connectivity index (χ0n) is 18.4. The Hall–Kier alpha value is -3.11. The van der Waals surface area contributed by atoms with Crippen LogP contribution in [0.1, 0.15) is 5.76 Å². The minimum atomic E-state index is -4.03. The van der Waals surface area contributed by atoms with E-state index in [9.17, 15) is 13.2 Å². The van der Waals surface area contributed by atoms with Crippen LogP contribution >= 0.6 is 11.8 Å². The molecule has 0 aliphatic carbocycles. The number of furan rings is 1. The number of ether oxygens (including phenoxy) is 2. The minimum absolute atomic E-state index is 0.0738. The van der Waals surface area contributed by atoms with E-state index in [1.54, 1.807) is 54.4 Å². The molecule has 0 saturated heterocycles. The predicted molar refractivity (Wildman–Crippen MR) is 128 cm³/mol. The maximum Gasteiger partial charge on any atom is 0.264 e. The standard InChI is InChI=1S/C23H26N2O6S2/c1-29-18-10-11-21(22(15-18)30-2)25(33(27,28)20-8-4-3-5-9-20)16-23(26)24-12-14-32-17-19-7-6-13-31-19/h3-11,13,15H,12,14,16-17H2,1-2H3,(H,24,26). The van der Waals surface area contributed by atoms with Crippen molar-refractivity contribution in [1.82, 2.24) is 5.32 Å². The number of sulfonamides is 1. The first-order valence-electron chi connectivity index (χ1n) is 10.1. The number of rotatable bonds is 12. The molecule has 3 rings (SSSR count). The second kappa shape index (κ2) is 11.7. The first-order chi connectivity index (χ1) is 16.0. The number of methoxy groups -OCH3 is 2. The highest BCUT2D eigenvalue weighted by atomic mass is 32.2. The lowest BCUT2D eigenvalue weighted by molar-refractivity contribution is -0.119. The number of anilines is 1. The van der Waals surface area contributed by atoms with Crippen LogP contribution in [0.4, 0.5) is 5.69 Å². The van der Waals surface area contributed by atoms with Gasteiger partial charge in [0.15, 0.2) is 0 Å². The summed E-state index contributed by atoms with van der Waals surface area (Å²) in [5.74, 6) is 2.56. The molecular weight excluding hydrogens is 464 g/mol. The van der Waals surface area contributed by atoms with Crippen LogP contribution in [0.3, 0.4) is 0 Å². The summed E-state index contributed by atoms with van der Waals surface area (Å²) in [5, 5.41) is 2.78. The van der Waals surface area contributed by atoms with Crippen molar-refractivity contribution >= 4 is 33.4 Å². The van der Waals surface area contributed by atoms with Crippen molar-refractivity contribution in [1.29, 1.82) is 0 Å². The molecule has 3 aromatic rings. The first kappa shape index (κ1) is 24.5. The van der Waals surface area contributed by atoms with E-state index < -0.39 is 22.5 Å². The maximum absolute atomic E-state index is 13.4. The summed E-state index contributed by atoms with van der Waals surface area (Å²) in [7, 11) is -1.10. The molecule has 1 N–H and O–H groups in total. The van der Waals surface area contributed by atoms with Crippen LogP contribution in [0.15, 0.2) is 76.2 Å². The van der Waals surface area contributed by atoms with Gasteiger partial charge in [-0.2, -0.15) is 11.8 Å². The van der Waals surface area contributed by atoms with Crippen molar-refractivity contribution in [2.24, 2.45) is 0 Å². The Kier molecular flexibility index (Phi) is 8.67. The largest absolute Gasteiger partial charge is 0.497 e. The van der Waals surface area contributed by atoms with Gasteiger partial charge in [0.05, 0.1) is 36.8 Å². The van der Waals surface area contributed by atoms with Gasteiger partial charge in [-0.25, -0.2) is 8.42 Å². The number of benzene rings is 2. The predicted octanol–water partition coefficient (Wildman–Crippen LogP) is 3.54. The highest BCUT2D eigenvalue weighted by Crippen LogP contribution is 2.35. The molecule has 1 aromatic heterocycles. The topological polar surface area (TPSA) is 98.1 Å². The fourth-order valence-corrected chi connectivity index (χ4v) is 5.24. The maximum atomic E-state index is 13.4. The summed E-state index contributed by atoms with van der Waals surface area (Å²) in [4.78, 5) is 12.8. The quantitative estimate of drug-likeness (QED) is 0.388. The normalized spacial score (nSPS) is 11.1. The van der Waals surface area contributed by atoms with Crippen LogP contribution in [0.5, 0.6) is 11.5 Å². The van der Waals surface area contributed by atoms with Crippen molar-refractivity contribution in [3.63, 3.8) is 0 Å². The molecule has 0 fully saturated rings. The van der Waals surface area contributed by atoms with Gasteiger partial charge in [-0.15, -0.1) is 0 Å². The second-order valence-corrected chi connectivity index (χ2v) is 9.81. The molecule has 176 valence electrons. The van der Waals surface area contributed by atoms with E-state index in [-0.39, 0.29) is 16.3 Å². The van der Waals surface area contributed by atoms with E-state index in [1.165, 1.54) is 26.4 Å². The highest BCUT2D eigenvalue weighted by molar-refractivity contribution is 7.98. The molecule has 0 spiro atoms. The van der Waals surface area contributed by atoms with Crippen molar-refractivity contribution < 1.29 is 27.1 Å². The Morgan fingerprint density at radius 3 is 2.52 bits per heavy atom. The molecule has 0 bridgehead atoms. The van der Waals surface area contributed by atoms with E-state index in [2.05, 4.69) is 5.32 Å². The zero-order chi connectivity index (χ0) is 23.7. The number of nitrogens with one attached hydrogen (secondary N) is 1. The van der Waals surface area contributed by atoms with Gasteiger partial charge in [0.1, 0.15) is 23.8 Å². The van der Waals surface area contributed by atoms with Crippen LogP contribution in [0.2, 0.25) is 0 Å². The third-order valence-corrected chi connectivity index (χ3v) is 7.42. The highest BCUT2D eigenvalue weighted by Gasteiger charge is 2.29. The molecular formula is C23H26N2O6S2. The molecule has 0 aliphatic rings. The summed E-state index contributed by atoms with van der Waals surface area (Å²) in [6, 6.07) is 16.4. The van der Waals surface area contributed by atoms with Gasteiger partial charge in [-0.1, -0.05) is 18.2 Å². The van der Waals surface area contributed by atoms with E-state index in [0.717, 1.165) is 10.1 Å². The number of nitrogens with zero attached hydrogens (tertiary/aromatic N) is 1. The number of hydrogen-bond donors (Lipinski definition) is 1. The van der Waals surface area contributed by atoms with E-state index in [0.29, 0.717) is 23.8 Å². The van der Waals surface area contributed by atoms with Crippen molar-refractivity contribution in [2.75, 3.05) is 37.4 Å². The summed E-state index contributed by atoms with van der Waals surface area (Å²) >= 11 is 1.61. The van der Waals surface area contributed by atoms with E-state index >= 15 is 0 Å². The second-order valence-electron chi connectivity index (χ2n) is 6.84. The molecule has 1 heterocycles. The first-order valence-corrected chi connectivity index (χ1v) is 12.7. The summed E-state index contributed by atoms with van der Waals surface area (Å²) < 4.78 is 43.8. The molecule has 0 atom stereocenters. The van der Waals surface area contributed by atoms with Crippen LogP contribution in [0, 0.1) is 0 Å². The Bertz CT molecular complexity index is 1140. The van der Waals surface area contributed by atoms with E-state index in [4.69, 9.17) is 13.9 Å².